The van der Waals surface area contributed by atoms with Crippen LogP contribution in [0.15, 0.2) is 28.7 Å². The molecule has 1 aliphatic rings. The number of carbonyl (C=O) groups excluding carboxylic acids is 1. The Labute approximate surface area is 135 Å². The highest BCUT2D eigenvalue weighted by Gasteiger charge is 2.24. The van der Waals surface area contributed by atoms with Gasteiger partial charge in [-0.05, 0) is 38.3 Å². The Kier molecular flexibility index (Phi) is 6.06. The van der Waals surface area contributed by atoms with E-state index < -0.39 is 0 Å². The lowest BCUT2D eigenvalue weighted by atomic mass is 10.0. The van der Waals surface area contributed by atoms with Crippen molar-refractivity contribution >= 4 is 22.0 Å². The minimum atomic E-state index is -0.185. The van der Waals surface area contributed by atoms with Crippen LogP contribution in [0.1, 0.15) is 38.3 Å². The molecule has 5 heteroatoms. The van der Waals surface area contributed by atoms with E-state index in [1.54, 1.807) is 4.90 Å². The van der Waals surface area contributed by atoms with E-state index in [9.17, 15) is 4.79 Å². The standard InChI is InChI=1S/C16H23BrN2O2/c1-3-21-16(20)19-10-8-13(9-11-19)18-12(2)14-6-4-5-7-15(14)17/h4-7,12-13,18H,3,8-11H2,1-2H3/t12-/m1/s1. The summed E-state index contributed by atoms with van der Waals surface area (Å²) in [7, 11) is 0. The molecule has 0 spiro atoms. The zero-order chi connectivity index (χ0) is 15.2. The predicted molar refractivity (Wildman–Crippen MR) is 87.3 cm³/mol. The Bertz CT molecular complexity index is 473. The number of nitrogens with zero attached hydrogens (tertiary/aromatic N) is 1. The van der Waals surface area contributed by atoms with Crippen LogP contribution in [-0.4, -0.2) is 36.7 Å². The van der Waals surface area contributed by atoms with Crippen LogP contribution in [0.4, 0.5) is 4.79 Å². The number of piperidine rings is 1. The molecule has 21 heavy (non-hydrogen) atoms. The highest BCUT2D eigenvalue weighted by molar-refractivity contribution is 9.10. The van der Waals surface area contributed by atoms with Gasteiger partial charge in [0.05, 0.1) is 6.61 Å². The second-order valence-corrected chi connectivity index (χ2v) is 6.22. The van der Waals surface area contributed by atoms with E-state index in [4.69, 9.17) is 4.74 Å². The second kappa shape index (κ2) is 7.80. The molecule has 1 amide bonds. The Morgan fingerprint density at radius 2 is 2.10 bits per heavy atom. The van der Waals surface area contributed by atoms with E-state index in [0.29, 0.717) is 18.7 Å². The van der Waals surface area contributed by atoms with Gasteiger partial charge in [0.2, 0.25) is 0 Å². The van der Waals surface area contributed by atoms with Gasteiger partial charge in [-0.1, -0.05) is 34.1 Å². The third kappa shape index (κ3) is 4.45. The minimum absolute atomic E-state index is 0.185. The fourth-order valence-electron chi connectivity index (χ4n) is 2.71. The number of hydrogen-bond acceptors (Lipinski definition) is 3. The van der Waals surface area contributed by atoms with Crippen LogP contribution < -0.4 is 5.32 Å². The van der Waals surface area contributed by atoms with Gasteiger partial charge in [0.25, 0.3) is 0 Å². The van der Waals surface area contributed by atoms with Gasteiger partial charge in [-0.3, -0.25) is 0 Å². The van der Waals surface area contributed by atoms with Gasteiger partial charge in [0.1, 0.15) is 0 Å². The largest absolute Gasteiger partial charge is 0.450 e. The average Bonchev–Trinajstić information content (AvgIpc) is 2.48. The molecule has 1 saturated heterocycles. The summed E-state index contributed by atoms with van der Waals surface area (Å²) < 4.78 is 6.18. The van der Waals surface area contributed by atoms with Gasteiger partial charge < -0.3 is 15.0 Å². The zero-order valence-electron chi connectivity index (χ0n) is 12.6. The maximum Gasteiger partial charge on any atom is 0.409 e. The van der Waals surface area contributed by atoms with Crippen molar-refractivity contribution in [2.75, 3.05) is 19.7 Å². The van der Waals surface area contributed by atoms with Crippen molar-refractivity contribution in [3.63, 3.8) is 0 Å². The third-order valence-electron chi connectivity index (χ3n) is 3.88. The molecule has 1 fully saturated rings. The molecule has 116 valence electrons. The number of benzene rings is 1. The van der Waals surface area contributed by atoms with Gasteiger partial charge in [-0.2, -0.15) is 0 Å². The molecule has 0 aliphatic carbocycles. The number of halogens is 1. The highest BCUT2D eigenvalue weighted by Crippen LogP contribution is 2.24. The van der Waals surface area contributed by atoms with Gasteiger partial charge in [-0.25, -0.2) is 4.79 Å². The summed E-state index contributed by atoms with van der Waals surface area (Å²) in [6.45, 7) is 5.98. The van der Waals surface area contributed by atoms with E-state index in [0.717, 1.165) is 30.4 Å². The topological polar surface area (TPSA) is 41.6 Å². The Morgan fingerprint density at radius 1 is 1.43 bits per heavy atom. The molecule has 1 atom stereocenters. The maximum atomic E-state index is 11.7. The first-order valence-electron chi connectivity index (χ1n) is 7.54. The zero-order valence-corrected chi connectivity index (χ0v) is 14.2. The van der Waals surface area contributed by atoms with Crippen molar-refractivity contribution < 1.29 is 9.53 Å². The van der Waals surface area contributed by atoms with Gasteiger partial charge in [0, 0.05) is 29.6 Å². The smallest absolute Gasteiger partial charge is 0.409 e. The first-order chi connectivity index (χ1) is 10.1. The van der Waals surface area contributed by atoms with E-state index in [1.165, 1.54) is 5.56 Å². The van der Waals surface area contributed by atoms with E-state index >= 15 is 0 Å². The van der Waals surface area contributed by atoms with Gasteiger partial charge >= 0.3 is 6.09 Å². The SMILES string of the molecule is CCOC(=O)N1CCC(N[C@H](C)c2ccccc2Br)CC1. The van der Waals surface area contributed by atoms with E-state index in [-0.39, 0.29) is 6.09 Å². The Balaban J connectivity index is 1.83. The van der Waals surface area contributed by atoms with Crippen molar-refractivity contribution in [3.8, 4) is 0 Å². The normalized spacial score (nSPS) is 17.6. The van der Waals surface area contributed by atoms with Crippen molar-refractivity contribution in [2.24, 2.45) is 0 Å². The summed E-state index contributed by atoms with van der Waals surface area (Å²) in [5.74, 6) is 0. The van der Waals surface area contributed by atoms with Crippen molar-refractivity contribution in [2.45, 2.75) is 38.8 Å². The monoisotopic (exact) mass is 354 g/mol. The van der Waals surface area contributed by atoms with Crippen LogP contribution in [0.3, 0.4) is 0 Å². The molecular formula is C16H23BrN2O2. The first kappa shape index (κ1) is 16.3. The number of hydrogen-bond donors (Lipinski definition) is 1. The maximum absolute atomic E-state index is 11.7. The summed E-state index contributed by atoms with van der Waals surface area (Å²) in [5.41, 5.74) is 1.27. The number of ether oxygens (including phenoxy) is 1. The summed E-state index contributed by atoms with van der Waals surface area (Å²) in [4.78, 5) is 13.5. The van der Waals surface area contributed by atoms with Crippen LogP contribution in [-0.2, 0) is 4.74 Å². The number of carbonyl (C=O) groups is 1. The van der Waals surface area contributed by atoms with E-state index in [2.05, 4.69) is 46.4 Å². The Morgan fingerprint density at radius 3 is 2.71 bits per heavy atom. The summed E-state index contributed by atoms with van der Waals surface area (Å²) in [6, 6.07) is 9.02. The van der Waals surface area contributed by atoms with Crippen LogP contribution >= 0.6 is 15.9 Å². The van der Waals surface area contributed by atoms with Crippen LogP contribution in [0, 0.1) is 0 Å². The molecule has 1 aromatic rings. The molecule has 1 heterocycles. The predicted octanol–water partition coefficient (Wildman–Crippen LogP) is 3.72. The van der Waals surface area contributed by atoms with E-state index in [1.807, 2.05) is 13.0 Å². The molecule has 1 aromatic carbocycles. The molecule has 1 N–H and O–H groups in total. The molecule has 0 unspecified atom stereocenters. The summed E-state index contributed by atoms with van der Waals surface area (Å²) in [6.07, 6.45) is 1.75. The lowest BCUT2D eigenvalue weighted by Crippen LogP contribution is -2.45. The molecular weight excluding hydrogens is 332 g/mol. The number of likely N-dealkylation sites (tertiary alicyclic amines) is 1. The fourth-order valence-corrected chi connectivity index (χ4v) is 3.34. The van der Waals surface area contributed by atoms with Gasteiger partial charge in [0.15, 0.2) is 0 Å². The lowest BCUT2D eigenvalue weighted by Gasteiger charge is -2.33. The lowest BCUT2D eigenvalue weighted by molar-refractivity contribution is 0.0943. The third-order valence-corrected chi connectivity index (χ3v) is 4.60. The molecule has 1 aliphatic heterocycles. The molecule has 0 aromatic heterocycles. The second-order valence-electron chi connectivity index (χ2n) is 5.37. The number of rotatable bonds is 4. The summed E-state index contributed by atoms with van der Waals surface area (Å²) in [5, 5.41) is 3.66. The molecule has 0 radical (unpaired) electrons. The first-order valence-corrected chi connectivity index (χ1v) is 8.33. The van der Waals surface area contributed by atoms with Crippen LogP contribution in [0.25, 0.3) is 0 Å². The van der Waals surface area contributed by atoms with Crippen LogP contribution in [0.5, 0.6) is 0 Å². The number of nitrogens with one attached hydrogen (secondary N) is 1. The molecule has 0 saturated carbocycles. The minimum Gasteiger partial charge on any atom is -0.450 e. The Hall–Kier alpha value is -1.07. The van der Waals surface area contributed by atoms with Crippen LogP contribution in [0.2, 0.25) is 0 Å². The number of amides is 1. The van der Waals surface area contributed by atoms with Crippen molar-refractivity contribution in [3.05, 3.63) is 34.3 Å². The highest BCUT2D eigenvalue weighted by atomic mass is 79.9. The fraction of sp³-hybridized carbons (Fsp3) is 0.562. The van der Waals surface area contributed by atoms with Gasteiger partial charge in [-0.15, -0.1) is 0 Å². The molecule has 0 bridgehead atoms. The summed E-state index contributed by atoms with van der Waals surface area (Å²) >= 11 is 3.60. The average molecular weight is 355 g/mol. The molecule has 4 nitrogen and oxygen atoms in total. The quantitative estimate of drug-likeness (QED) is 0.895. The van der Waals surface area contributed by atoms with Crippen molar-refractivity contribution in [1.82, 2.24) is 10.2 Å². The molecule has 2 rings (SSSR count). The van der Waals surface area contributed by atoms with Crippen molar-refractivity contribution in [1.29, 1.82) is 0 Å².